The van der Waals surface area contributed by atoms with Crippen LogP contribution in [0.2, 0.25) is 0 Å². The highest BCUT2D eigenvalue weighted by Crippen LogP contribution is 2.29. The lowest BCUT2D eigenvalue weighted by Gasteiger charge is -2.34. The Kier molecular flexibility index (Phi) is 3.63. The summed E-state index contributed by atoms with van der Waals surface area (Å²) in [6.45, 7) is 0. The van der Waals surface area contributed by atoms with E-state index in [1.165, 1.54) is 6.07 Å². The molecule has 0 heterocycles. The summed E-state index contributed by atoms with van der Waals surface area (Å²) in [6, 6.07) is 9.46. The zero-order valence-corrected chi connectivity index (χ0v) is 10.1. The number of hydrogen-bond donors (Lipinski definition) is 0. The fraction of sp³-hybridized carbons (Fsp3) is 0.500. The van der Waals surface area contributed by atoms with Crippen LogP contribution in [0.5, 0.6) is 0 Å². The average molecular weight is 232 g/mol. The van der Waals surface area contributed by atoms with Crippen LogP contribution in [0.15, 0.2) is 24.3 Å². The molecule has 17 heavy (non-hydrogen) atoms. The van der Waals surface area contributed by atoms with Crippen molar-refractivity contribution in [3.63, 3.8) is 0 Å². The van der Waals surface area contributed by atoms with Gasteiger partial charge in [0.25, 0.3) is 0 Å². The minimum Gasteiger partial charge on any atom is -0.372 e. The molecule has 3 heteroatoms. The van der Waals surface area contributed by atoms with Crippen molar-refractivity contribution >= 4 is 5.69 Å². The van der Waals surface area contributed by atoms with Gasteiger partial charge in [-0.25, -0.2) is 4.39 Å². The summed E-state index contributed by atoms with van der Waals surface area (Å²) in [6.07, 6.45) is 3.96. The molecule has 1 saturated carbocycles. The Morgan fingerprint density at radius 1 is 1.29 bits per heavy atom. The monoisotopic (exact) mass is 232 g/mol. The maximum absolute atomic E-state index is 13.1. The molecule has 0 unspecified atom stereocenters. The molecule has 1 aromatic carbocycles. The second-order valence-corrected chi connectivity index (χ2v) is 4.73. The Hall–Kier alpha value is -1.56. The number of halogens is 1. The summed E-state index contributed by atoms with van der Waals surface area (Å²) in [5.41, 5.74) is 0.922. The molecule has 0 radical (unpaired) electrons. The minimum atomic E-state index is -0.194. The van der Waals surface area contributed by atoms with E-state index in [0.717, 1.165) is 31.4 Å². The first kappa shape index (κ1) is 11.9. The van der Waals surface area contributed by atoms with Gasteiger partial charge in [-0.2, -0.15) is 5.26 Å². The van der Waals surface area contributed by atoms with E-state index < -0.39 is 0 Å². The van der Waals surface area contributed by atoms with E-state index >= 15 is 0 Å². The van der Waals surface area contributed by atoms with E-state index in [1.54, 1.807) is 12.1 Å². The van der Waals surface area contributed by atoms with Gasteiger partial charge in [-0.15, -0.1) is 0 Å². The summed E-state index contributed by atoms with van der Waals surface area (Å²) in [5, 5.41) is 8.86. The number of rotatable bonds is 2. The van der Waals surface area contributed by atoms with Gasteiger partial charge in [0.1, 0.15) is 5.82 Å². The zero-order valence-electron chi connectivity index (χ0n) is 10.1. The van der Waals surface area contributed by atoms with Gasteiger partial charge in [0.15, 0.2) is 0 Å². The molecule has 1 aromatic rings. The smallest absolute Gasteiger partial charge is 0.125 e. The van der Waals surface area contributed by atoms with Crippen molar-refractivity contribution in [3.8, 4) is 6.07 Å². The molecule has 0 aliphatic heterocycles. The topological polar surface area (TPSA) is 27.0 Å². The van der Waals surface area contributed by atoms with Crippen LogP contribution in [-0.2, 0) is 0 Å². The third kappa shape index (κ3) is 2.76. The molecule has 0 saturated heterocycles. The highest BCUT2D eigenvalue weighted by Gasteiger charge is 2.24. The van der Waals surface area contributed by atoms with Crippen molar-refractivity contribution in [1.82, 2.24) is 0 Å². The maximum Gasteiger partial charge on any atom is 0.125 e. The first-order chi connectivity index (χ1) is 8.20. The first-order valence-corrected chi connectivity index (χ1v) is 6.08. The van der Waals surface area contributed by atoms with Gasteiger partial charge >= 0.3 is 0 Å². The largest absolute Gasteiger partial charge is 0.372 e. The fourth-order valence-corrected chi connectivity index (χ4v) is 2.50. The van der Waals surface area contributed by atoms with Gasteiger partial charge in [-0.05, 0) is 43.9 Å². The van der Waals surface area contributed by atoms with E-state index in [-0.39, 0.29) is 11.7 Å². The van der Waals surface area contributed by atoms with E-state index in [0.29, 0.717) is 6.04 Å². The molecule has 1 aliphatic rings. The van der Waals surface area contributed by atoms with Crippen LogP contribution in [0.3, 0.4) is 0 Å². The highest BCUT2D eigenvalue weighted by atomic mass is 19.1. The first-order valence-electron chi connectivity index (χ1n) is 6.08. The lowest BCUT2D eigenvalue weighted by molar-refractivity contribution is 0.372. The third-order valence-corrected chi connectivity index (χ3v) is 3.64. The Balaban J connectivity index is 2.02. The van der Waals surface area contributed by atoms with Gasteiger partial charge in [0, 0.05) is 24.7 Å². The standard InChI is InChI=1S/C14H17FN2/c1-17(14-4-2-3-12(15)9-14)13-7-5-11(10-16)6-8-13/h2-4,9,11,13H,5-8H2,1H3. The summed E-state index contributed by atoms with van der Waals surface area (Å²) >= 11 is 0. The van der Waals surface area contributed by atoms with Gasteiger partial charge in [-0.1, -0.05) is 6.07 Å². The summed E-state index contributed by atoms with van der Waals surface area (Å²) in [5.74, 6) is 0.0206. The van der Waals surface area contributed by atoms with Crippen LogP contribution in [0.4, 0.5) is 10.1 Å². The van der Waals surface area contributed by atoms with Crippen molar-refractivity contribution in [2.24, 2.45) is 5.92 Å². The lowest BCUT2D eigenvalue weighted by atomic mass is 9.86. The number of benzene rings is 1. The normalized spacial score (nSPS) is 24.1. The van der Waals surface area contributed by atoms with Crippen LogP contribution in [0.25, 0.3) is 0 Å². The van der Waals surface area contributed by atoms with E-state index in [4.69, 9.17) is 5.26 Å². The molecule has 0 atom stereocenters. The SMILES string of the molecule is CN(c1cccc(F)c1)C1CCC(C#N)CC1. The third-order valence-electron chi connectivity index (χ3n) is 3.64. The van der Waals surface area contributed by atoms with Crippen molar-refractivity contribution in [2.75, 3.05) is 11.9 Å². The van der Waals surface area contributed by atoms with Crippen molar-refractivity contribution in [1.29, 1.82) is 5.26 Å². The van der Waals surface area contributed by atoms with E-state index in [1.807, 2.05) is 13.1 Å². The zero-order chi connectivity index (χ0) is 12.3. The van der Waals surface area contributed by atoms with E-state index in [2.05, 4.69) is 11.0 Å². The quantitative estimate of drug-likeness (QED) is 0.782. The summed E-state index contributed by atoms with van der Waals surface area (Å²) in [7, 11) is 2.01. The van der Waals surface area contributed by atoms with Crippen LogP contribution in [0.1, 0.15) is 25.7 Å². The Morgan fingerprint density at radius 2 is 2.00 bits per heavy atom. The molecule has 2 nitrogen and oxygen atoms in total. The minimum absolute atomic E-state index is 0.194. The molecular formula is C14H17FN2. The molecule has 0 spiro atoms. The molecule has 1 fully saturated rings. The van der Waals surface area contributed by atoms with E-state index in [9.17, 15) is 4.39 Å². The van der Waals surface area contributed by atoms with Crippen molar-refractivity contribution in [2.45, 2.75) is 31.7 Å². The predicted molar refractivity (Wildman–Crippen MR) is 66.2 cm³/mol. The number of nitrogens with zero attached hydrogens (tertiary/aromatic N) is 2. The van der Waals surface area contributed by atoms with Gasteiger partial charge < -0.3 is 4.90 Å². The molecule has 0 bridgehead atoms. The molecule has 0 N–H and O–H groups in total. The Morgan fingerprint density at radius 3 is 2.59 bits per heavy atom. The maximum atomic E-state index is 13.1. The van der Waals surface area contributed by atoms with Crippen LogP contribution < -0.4 is 4.90 Å². The second-order valence-electron chi connectivity index (χ2n) is 4.73. The Labute approximate surface area is 102 Å². The number of anilines is 1. The van der Waals surface area contributed by atoms with Crippen LogP contribution >= 0.6 is 0 Å². The molecule has 0 aromatic heterocycles. The summed E-state index contributed by atoms with van der Waals surface area (Å²) in [4.78, 5) is 2.14. The summed E-state index contributed by atoms with van der Waals surface area (Å²) < 4.78 is 13.1. The predicted octanol–water partition coefficient (Wildman–Crippen LogP) is 3.34. The molecule has 2 rings (SSSR count). The van der Waals surface area contributed by atoms with Gasteiger partial charge in [-0.3, -0.25) is 0 Å². The molecule has 90 valence electrons. The van der Waals surface area contributed by atoms with Crippen molar-refractivity contribution in [3.05, 3.63) is 30.1 Å². The van der Waals surface area contributed by atoms with Crippen molar-refractivity contribution < 1.29 is 4.39 Å². The second kappa shape index (κ2) is 5.18. The van der Waals surface area contributed by atoms with Gasteiger partial charge in [0.05, 0.1) is 6.07 Å². The average Bonchev–Trinajstić information content (AvgIpc) is 2.38. The molecule has 1 aliphatic carbocycles. The highest BCUT2D eigenvalue weighted by molar-refractivity contribution is 5.46. The molecular weight excluding hydrogens is 215 g/mol. The van der Waals surface area contributed by atoms with Crippen LogP contribution in [-0.4, -0.2) is 13.1 Å². The van der Waals surface area contributed by atoms with Gasteiger partial charge in [0.2, 0.25) is 0 Å². The number of hydrogen-bond acceptors (Lipinski definition) is 2. The van der Waals surface area contributed by atoms with Crippen LogP contribution in [0, 0.1) is 23.1 Å². The lowest BCUT2D eigenvalue weighted by Crippen LogP contribution is -2.35. The fourth-order valence-electron chi connectivity index (χ4n) is 2.50. The Bertz CT molecular complexity index is 416. The number of nitriles is 1. The molecule has 0 amide bonds.